The van der Waals surface area contributed by atoms with E-state index in [0.29, 0.717) is 13.0 Å². The molecule has 0 aromatic heterocycles. The van der Waals surface area contributed by atoms with Gasteiger partial charge < -0.3 is 20.9 Å². The molecule has 0 aliphatic heterocycles. The maximum absolute atomic E-state index is 13.5. The number of urea groups is 2. The summed E-state index contributed by atoms with van der Waals surface area (Å²) in [6.07, 6.45) is 0.478. The summed E-state index contributed by atoms with van der Waals surface area (Å²) in [7, 11) is 1.57. The summed E-state index contributed by atoms with van der Waals surface area (Å²) in [5.41, 5.74) is 0.193. The largest absolute Gasteiger partial charge is 0.338 e. The molecular weight excluding hydrogens is 342 g/mol. The van der Waals surface area contributed by atoms with Crippen molar-refractivity contribution in [3.8, 4) is 0 Å². The molecule has 0 spiro atoms. The third kappa shape index (κ3) is 5.73. The van der Waals surface area contributed by atoms with Gasteiger partial charge in [0.25, 0.3) is 0 Å². The van der Waals surface area contributed by atoms with Crippen LogP contribution in [0.2, 0.25) is 0 Å². The zero-order valence-electron chi connectivity index (χ0n) is 14.3. The van der Waals surface area contributed by atoms with E-state index in [1.807, 2.05) is 0 Å². The van der Waals surface area contributed by atoms with Gasteiger partial charge in [0.05, 0.1) is 11.4 Å². The summed E-state index contributed by atoms with van der Waals surface area (Å²) in [5.74, 6) is -1.03. The standard InChI is InChI=1S/C18H20F2N4O2/c1-24(18(26)23-16-10-5-3-8-14(16)20)12-6-11-21-17(25)22-15-9-4-2-7-13(15)19/h2-5,7-10H,6,11-12H2,1H3,(H,23,26)(H2,21,22,25). The number of carbonyl (C=O) groups is 2. The minimum atomic E-state index is -0.534. The third-order valence-corrected chi connectivity index (χ3v) is 3.54. The average Bonchev–Trinajstić information content (AvgIpc) is 2.62. The number of amides is 4. The average molecular weight is 362 g/mol. The SMILES string of the molecule is CN(CCCNC(=O)Nc1ccccc1F)C(=O)Nc1ccccc1F. The normalized spacial score (nSPS) is 10.1. The van der Waals surface area contributed by atoms with Gasteiger partial charge in [-0.2, -0.15) is 0 Å². The number of hydrogen-bond donors (Lipinski definition) is 3. The Labute approximate surface area is 150 Å². The van der Waals surface area contributed by atoms with Crippen LogP contribution in [0.15, 0.2) is 48.5 Å². The van der Waals surface area contributed by atoms with Crippen molar-refractivity contribution in [2.24, 2.45) is 0 Å². The van der Waals surface area contributed by atoms with E-state index in [1.165, 1.54) is 41.3 Å². The lowest BCUT2D eigenvalue weighted by Gasteiger charge is -2.18. The number of para-hydroxylation sites is 2. The van der Waals surface area contributed by atoms with Gasteiger partial charge in [0.1, 0.15) is 11.6 Å². The number of anilines is 2. The maximum Gasteiger partial charge on any atom is 0.321 e. The molecule has 138 valence electrons. The van der Waals surface area contributed by atoms with Crippen LogP contribution in [0.5, 0.6) is 0 Å². The number of halogens is 2. The zero-order chi connectivity index (χ0) is 18.9. The van der Waals surface area contributed by atoms with Crippen LogP contribution in [0.1, 0.15) is 6.42 Å². The van der Waals surface area contributed by atoms with Gasteiger partial charge in [-0.3, -0.25) is 0 Å². The van der Waals surface area contributed by atoms with Crippen molar-refractivity contribution in [3.63, 3.8) is 0 Å². The molecule has 2 aromatic carbocycles. The van der Waals surface area contributed by atoms with Crippen molar-refractivity contribution in [1.29, 1.82) is 0 Å². The van der Waals surface area contributed by atoms with E-state index in [2.05, 4.69) is 16.0 Å². The summed E-state index contributed by atoms with van der Waals surface area (Å²) in [6, 6.07) is 10.7. The molecule has 0 aliphatic carbocycles. The molecule has 0 heterocycles. The Morgan fingerprint density at radius 3 is 2.04 bits per heavy atom. The van der Waals surface area contributed by atoms with Crippen LogP contribution in [-0.4, -0.2) is 37.1 Å². The van der Waals surface area contributed by atoms with Gasteiger partial charge in [-0.25, -0.2) is 18.4 Å². The van der Waals surface area contributed by atoms with E-state index in [9.17, 15) is 18.4 Å². The van der Waals surface area contributed by atoms with Gasteiger partial charge in [0.2, 0.25) is 0 Å². The van der Waals surface area contributed by atoms with E-state index in [4.69, 9.17) is 0 Å². The Morgan fingerprint density at radius 1 is 0.923 bits per heavy atom. The van der Waals surface area contributed by atoms with E-state index >= 15 is 0 Å². The Morgan fingerprint density at radius 2 is 1.46 bits per heavy atom. The minimum Gasteiger partial charge on any atom is -0.338 e. The molecule has 6 nitrogen and oxygen atoms in total. The van der Waals surface area contributed by atoms with Crippen LogP contribution in [0, 0.1) is 11.6 Å². The predicted molar refractivity (Wildman–Crippen MR) is 96.1 cm³/mol. The molecule has 0 aliphatic rings. The van der Waals surface area contributed by atoms with Crippen molar-refractivity contribution in [2.75, 3.05) is 30.8 Å². The quantitative estimate of drug-likeness (QED) is 0.687. The fourth-order valence-electron chi connectivity index (χ4n) is 2.12. The zero-order valence-corrected chi connectivity index (χ0v) is 14.3. The predicted octanol–water partition coefficient (Wildman–Crippen LogP) is 3.64. The molecule has 2 aromatic rings. The van der Waals surface area contributed by atoms with Crippen LogP contribution < -0.4 is 16.0 Å². The minimum absolute atomic E-state index is 0.0892. The van der Waals surface area contributed by atoms with Crippen molar-refractivity contribution in [3.05, 3.63) is 60.2 Å². The topological polar surface area (TPSA) is 73.5 Å². The van der Waals surface area contributed by atoms with Crippen LogP contribution >= 0.6 is 0 Å². The van der Waals surface area contributed by atoms with Crippen LogP contribution in [0.4, 0.5) is 29.7 Å². The fourth-order valence-corrected chi connectivity index (χ4v) is 2.12. The highest BCUT2D eigenvalue weighted by molar-refractivity contribution is 5.90. The van der Waals surface area contributed by atoms with Gasteiger partial charge in [-0.1, -0.05) is 24.3 Å². The van der Waals surface area contributed by atoms with Crippen LogP contribution in [0.25, 0.3) is 0 Å². The highest BCUT2D eigenvalue weighted by Gasteiger charge is 2.11. The van der Waals surface area contributed by atoms with Crippen molar-refractivity contribution >= 4 is 23.4 Å². The lowest BCUT2D eigenvalue weighted by atomic mass is 10.3. The fraction of sp³-hybridized carbons (Fsp3) is 0.222. The highest BCUT2D eigenvalue weighted by Crippen LogP contribution is 2.13. The Kier molecular flexibility index (Phi) is 6.90. The van der Waals surface area contributed by atoms with E-state index < -0.39 is 23.7 Å². The van der Waals surface area contributed by atoms with E-state index in [0.717, 1.165) is 0 Å². The molecule has 0 fully saturated rings. The van der Waals surface area contributed by atoms with Crippen LogP contribution in [0.3, 0.4) is 0 Å². The van der Waals surface area contributed by atoms with Crippen molar-refractivity contribution in [2.45, 2.75) is 6.42 Å². The Balaban J connectivity index is 1.68. The molecule has 3 N–H and O–H groups in total. The highest BCUT2D eigenvalue weighted by atomic mass is 19.1. The number of rotatable bonds is 6. The van der Waals surface area contributed by atoms with E-state index in [-0.39, 0.29) is 17.9 Å². The Bertz CT molecular complexity index is 770. The number of hydrogen-bond acceptors (Lipinski definition) is 2. The molecule has 4 amide bonds. The second kappa shape index (κ2) is 9.36. The summed E-state index contributed by atoms with van der Waals surface area (Å²) in [6.45, 7) is 0.637. The lowest BCUT2D eigenvalue weighted by Crippen LogP contribution is -2.35. The number of carbonyl (C=O) groups excluding carboxylic acids is 2. The summed E-state index contributed by atoms with van der Waals surface area (Å²) in [5, 5.41) is 7.45. The molecule has 0 saturated carbocycles. The number of nitrogens with zero attached hydrogens (tertiary/aromatic N) is 1. The number of nitrogens with one attached hydrogen (secondary N) is 3. The molecule has 0 saturated heterocycles. The third-order valence-electron chi connectivity index (χ3n) is 3.54. The van der Waals surface area contributed by atoms with Gasteiger partial charge in [-0.15, -0.1) is 0 Å². The van der Waals surface area contributed by atoms with Crippen molar-refractivity contribution in [1.82, 2.24) is 10.2 Å². The van der Waals surface area contributed by atoms with Gasteiger partial charge >= 0.3 is 12.1 Å². The molecule has 8 heteroatoms. The Hall–Kier alpha value is -3.16. The molecule has 0 radical (unpaired) electrons. The molecular formula is C18H20F2N4O2. The molecule has 2 rings (SSSR count). The van der Waals surface area contributed by atoms with Crippen LogP contribution in [-0.2, 0) is 0 Å². The summed E-state index contributed by atoms with van der Waals surface area (Å²) in [4.78, 5) is 25.1. The molecule has 0 unspecified atom stereocenters. The molecule has 0 bridgehead atoms. The maximum atomic E-state index is 13.5. The second-order valence-electron chi connectivity index (χ2n) is 5.55. The molecule has 26 heavy (non-hydrogen) atoms. The monoisotopic (exact) mass is 362 g/mol. The first-order chi connectivity index (χ1) is 12.5. The van der Waals surface area contributed by atoms with Crippen molar-refractivity contribution < 1.29 is 18.4 Å². The summed E-state index contributed by atoms with van der Waals surface area (Å²) >= 11 is 0. The first kappa shape index (κ1) is 19.2. The molecule has 0 atom stereocenters. The van der Waals surface area contributed by atoms with E-state index in [1.54, 1.807) is 19.2 Å². The van der Waals surface area contributed by atoms with Gasteiger partial charge in [0.15, 0.2) is 0 Å². The lowest BCUT2D eigenvalue weighted by molar-refractivity contribution is 0.221. The van der Waals surface area contributed by atoms with Gasteiger partial charge in [-0.05, 0) is 30.7 Å². The summed E-state index contributed by atoms with van der Waals surface area (Å²) < 4.78 is 26.9. The smallest absolute Gasteiger partial charge is 0.321 e. The number of benzene rings is 2. The first-order valence-corrected chi connectivity index (χ1v) is 8.03. The first-order valence-electron chi connectivity index (χ1n) is 8.03. The van der Waals surface area contributed by atoms with Gasteiger partial charge in [0, 0.05) is 20.1 Å². The second-order valence-corrected chi connectivity index (χ2v) is 5.55.